The van der Waals surface area contributed by atoms with Crippen LogP contribution >= 0.6 is 11.6 Å². The molecule has 0 radical (unpaired) electrons. The van der Waals surface area contributed by atoms with Crippen molar-refractivity contribution in [3.05, 3.63) is 53.4 Å². The lowest BCUT2D eigenvalue weighted by Crippen LogP contribution is -2.25. The van der Waals surface area contributed by atoms with Gasteiger partial charge in [0.15, 0.2) is 5.82 Å². The van der Waals surface area contributed by atoms with Crippen LogP contribution in [0.3, 0.4) is 0 Å². The molecule has 0 unspecified atom stereocenters. The number of nitrogens with one attached hydrogen (secondary N) is 1. The van der Waals surface area contributed by atoms with E-state index < -0.39 is 0 Å². The molecule has 0 spiro atoms. The van der Waals surface area contributed by atoms with Gasteiger partial charge in [0.1, 0.15) is 5.69 Å². The zero-order chi connectivity index (χ0) is 15.5. The van der Waals surface area contributed by atoms with Gasteiger partial charge >= 0.3 is 0 Å². The monoisotopic (exact) mass is 316 g/mol. The average Bonchev–Trinajstić information content (AvgIpc) is 3.16. The Bertz CT molecular complexity index is 734. The van der Waals surface area contributed by atoms with Crippen LogP contribution in [0.2, 0.25) is 5.02 Å². The number of benzene rings is 1. The molecule has 3 aromatic rings. The SMILES string of the molecule is CN(C)[C@H](Cn1cc(-c2ncc[nH]2)nn1)c1ccccc1Cl. The molecule has 0 amide bonds. The van der Waals surface area contributed by atoms with Crippen molar-refractivity contribution >= 4 is 11.6 Å². The van der Waals surface area contributed by atoms with Gasteiger partial charge in [-0.15, -0.1) is 5.10 Å². The normalized spacial score (nSPS) is 12.7. The molecule has 3 rings (SSSR count). The second-order valence-electron chi connectivity index (χ2n) is 5.26. The Balaban J connectivity index is 1.85. The third-order valence-electron chi connectivity index (χ3n) is 3.53. The van der Waals surface area contributed by atoms with Gasteiger partial charge < -0.3 is 9.88 Å². The molecule has 0 aliphatic carbocycles. The van der Waals surface area contributed by atoms with E-state index in [0.717, 1.165) is 16.3 Å². The van der Waals surface area contributed by atoms with Crippen molar-refractivity contribution in [3.8, 4) is 11.5 Å². The summed E-state index contributed by atoms with van der Waals surface area (Å²) >= 11 is 6.33. The van der Waals surface area contributed by atoms with Crippen molar-refractivity contribution in [2.75, 3.05) is 14.1 Å². The molecule has 2 heterocycles. The number of likely N-dealkylation sites (N-methyl/N-ethyl adjacent to an activating group) is 1. The average molecular weight is 317 g/mol. The van der Waals surface area contributed by atoms with Crippen molar-refractivity contribution < 1.29 is 0 Å². The summed E-state index contributed by atoms with van der Waals surface area (Å²) in [6.07, 6.45) is 5.34. The van der Waals surface area contributed by atoms with Crippen LogP contribution in [-0.4, -0.2) is 44.0 Å². The summed E-state index contributed by atoms with van der Waals surface area (Å²) in [4.78, 5) is 9.33. The highest BCUT2D eigenvalue weighted by Gasteiger charge is 2.18. The number of aromatic amines is 1. The molecule has 1 aromatic carbocycles. The molecule has 22 heavy (non-hydrogen) atoms. The quantitative estimate of drug-likeness (QED) is 0.786. The smallest absolute Gasteiger partial charge is 0.159 e. The predicted molar refractivity (Wildman–Crippen MR) is 85.5 cm³/mol. The molecule has 0 saturated heterocycles. The molecular weight excluding hydrogens is 300 g/mol. The molecule has 6 nitrogen and oxygen atoms in total. The zero-order valence-corrected chi connectivity index (χ0v) is 13.2. The van der Waals surface area contributed by atoms with Crippen molar-refractivity contribution in [3.63, 3.8) is 0 Å². The third kappa shape index (κ3) is 3.03. The predicted octanol–water partition coefficient (Wildman–Crippen LogP) is 2.62. The Hall–Kier alpha value is -2.18. The van der Waals surface area contributed by atoms with E-state index in [4.69, 9.17) is 11.6 Å². The van der Waals surface area contributed by atoms with E-state index in [-0.39, 0.29) is 6.04 Å². The van der Waals surface area contributed by atoms with Crippen LogP contribution < -0.4 is 0 Å². The van der Waals surface area contributed by atoms with Crippen LogP contribution in [0.4, 0.5) is 0 Å². The lowest BCUT2D eigenvalue weighted by molar-refractivity contribution is 0.259. The van der Waals surface area contributed by atoms with Crippen molar-refractivity contribution in [1.29, 1.82) is 0 Å². The summed E-state index contributed by atoms with van der Waals surface area (Å²) in [5, 5.41) is 9.10. The van der Waals surface area contributed by atoms with Gasteiger partial charge in [0, 0.05) is 17.4 Å². The number of hydrogen-bond acceptors (Lipinski definition) is 4. The minimum absolute atomic E-state index is 0.111. The number of halogens is 1. The maximum Gasteiger partial charge on any atom is 0.159 e. The molecule has 0 aliphatic rings. The van der Waals surface area contributed by atoms with Gasteiger partial charge in [0.05, 0.1) is 18.8 Å². The Labute approximate surface area is 133 Å². The van der Waals surface area contributed by atoms with Crippen LogP contribution in [0.25, 0.3) is 11.5 Å². The molecule has 0 fully saturated rings. The second kappa shape index (κ2) is 6.29. The lowest BCUT2D eigenvalue weighted by atomic mass is 10.1. The van der Waals surface area contributed by atoms with Crippen LogP contribution in [0.5, 0.6) is 0 Å². The van der Waals surface area contributed by atoms with Gasteiger partial charge in [-0.2, -0.15) is 0 Å². The van der Waals surface area contributed by atoms with E-state index in [1.54, 1.807) is 12.4 Å². The Kier molecular flexibility index (Phi) is 4.22. The number of hydrogen-bond donors (Lipinski definition) is 1. The molecule has 2 aromatic heterocycles. The van der Waals surface area contributed by atoms with E-state index in [9.17, 15) is 0 Å². The number of aromatic nitrogens is 5. The Morgan fingerprint density at radius 1 is 1.32 bits per heavy atom. The molecule has 114 valence electrons. The van der Waals surface area contributed by atoms with Gasteiger partial charge in [-0.25, -0.2) is 9.67 Å². The van der Waals surface area contributed by atoms with E-state index in [1.165, 1.54) is 0 Å². The molecule has 7 heteroatoms. The maximum atomic E-state index is 6.33. The van der Waals surface area contributed by atoms with Crippen LogP contribution in [0.15, 0.2) is 42.9 Å². The van der Waals surface area contributed by atoms with E-state index in [1.807, 2.05) is 49.2 Å². The zero-order valence-electron chi connectivity index (χ0n) is 12.4. The number of rotatable bonds is 5. The van der Waals surface area contributed by atoms with Crippen molar-refractivity contribution in [1.82, 2.24) is 29.9 Å². The minimum Gasteiger partial charge on any atom is -0.343 e. The first-order chi connectivity index (χ1) is 10.6. The van der Waals surface area contributed by atoms with Crippen molar-refractivity contribution in [2.45, 2.75) is 12.6 Å². The summed E-state index contributed by atoms with van der Waals surface area (Å²) < 4.78 is 1.81. The fourth-order valence-electron chi connectivity index (χ4n) is 2.36. The van der Waals surface area contributed by atoms with Gasteiger partial charge in [-0.05, 0) is 25.7 Å². The summed E-state index contributed by atoms with van der Waals surface area (Å²) in [5.74, 6) is 0.713. The summed E-state index contributed by atoms with van der Waals surface area (Å²) in [7, 11) is 4.05. The van der Waals surface area contributed by atoms with Crippen LogP contribution in [0, 0.1) is 0 Å². The highest BCUT2D eigenvalue weighted by Crippen LogP contribution is 2.27. The van der Waals surface area contributed by atoms with E-state index in [2.05, 4.69) is 25.2 Å². The topological polar surface area (TPSA) is 62.6 Å². The van der Waals surface area contributed by atoms with Crippen molar-refractivity contribution in [2.24, 2.45) is 0 Å². The Morgan fingerprint density at radius 3 is 2.82 bits per heavy atom. The molecular formula is C15H17ClN6. The van der Waals surface area contributed by atoms with Gasteiger partial charge in [-0.1, -0.05) is 35.0 Å². The molecule has 1 atom stereocenters. The highest BCUT2D eigenvalue weighted by atomic mass is 35.5. The molecule has 0 saturated carbocycles. The summed E-state index contributed by atoms with van der Waals surface area (Å²) in [6, 6.07) is 7.98. The molecule has 0 aliphatic heterocycles. The molecule has 0 bridgehead atoms. The summed E-state index contributed by atoms with van der Waals surface area (Å²) in [5.41, 5.74) is 1.80. The second-order valence-corrected chi connectivity index (χ2v) is 5.67. The lowest BCUT2D eigenvalue weighted by Gasteiger charge is -2.25. The standard InChI is InChI=1S/C15H17ClN6/c1-21(2)14(11-5-3-4-6-12(11)16)10-22-9-13(19-20-22)15-17-7-8-18-15/h3-9,14H,10H2,1-2H3,(H,17,18)/t14-/m1/s1. The largest absolute Gasteiger partial charge is 0.343 e. The number of nitrogens with zero attached hydrogens (tertiary/aromatic N) is 5. The van der Waals surface area contributed by atoms with Gasteiger partial charge in [0.2, 0.25) is 0 Å². The first kappa shape index (κ1) is 14.7. The highest BCUT2D eigenvalue weighted by molar-refractivity contribution is 6.31. The molecule has 1 N–H and O–H groups in total. The summed E-state index contributed by atoms with van der Waals surface area (Å²) in [6.45, 7) is 0.657. The minimum atomic E-state index is 0.111. The van der Waals surface area contributed by atoms with Crippen LogP contribution in [0.1, 0.15) is 11.6 Å². The fraction of sp³-hybridized carbons (Fsp3) is 0.267. The first-order valence-electron chi connectivity index (χ1n) is 6.96. The first-order valence-corrected chi connectivity index (χ1v) is 7.33. The maximum absolute atomic E-state index is 6.33. The van der Waals surface area contributed by atoms with E-state index >= 15 is 0 Å². The number of H-pyrrole nitrogens is 1. The third-order valence-corrected chi connectivity index (χ3v) is 3.87. The fourth-order valence-corrected chi connectivity index (χ4v) is 2.63. The van der Waals surface area contributed by atoms with Gasteiger partial charge in [0.25, 0.3) is 0 Å². The number of imidazole rings is 1. The Morgan fingerprint density at radius 2 is 2.14 bits per heavy atom. The van der Waals surface area contributed by atoms with E-state index in [0.29, 0.717) is 12.4 Å². The van der Waals surface area contributed by atoms with Crippen LogP contribution in [-0.2, 0) is 6.54 Å². The van der Waals surface area contributed by atoms with Gasteiger partial charge in [-0.3, -0.25) is 0 Å².